The minimum absolute atomic E-state index is 0.0367. The second-order valence-electron chi connectivity index (χ2n) is 7.09. The summed E-state index contributed by atoms with van der Waals surface area (Å²) < 4.78 is 14.0. The number of aromatic nitrogens is 2. The van der Waals surface area contributed by atoms with Gasteiger partial charge in [-0.2, -0.15) is 0 Å². The van der Waals surface area contributed by atoms with Crippen LogP contribution in [0.4, 0.5) is 21.7 Å². The van der Waals surface area contributed by atoms with Gasteiger partial charge in [0.2, 0.25) is 5.91 Å². The maximum Gasteiger partial charge on any atom is 0.243 e. The summed E-state index contributed by atoms with van der Waals surface area (Å²) in [6, 6.07) is 5.03. The molecule has 3 N–H and O–H groups in total. The van der Waals surface area contributed by atoms with Crippen LogP contribution >= 0.6 is 11.6 Å². The predicted molar refractivity (Wildman–Crippen MR) is 111 cm³/mol. The molecular formula is C19H23ClFN7O. The third-order valence-corrected chi connectivity index (χ3v) is 5.60. The lowest BCUT2D eigenvalue weighted by molar-refractivity contribution is -0.114. The number of carbonyl (C=O) groups excluding carboxylic acids is 1. The molecule has 2 aromatic rings. The molecule has 0 saturated carbocycles. The maximum absolute atomic E-state index is 14.0. The number of piperazine rings is 1. The Bertz CT molecular complexity index is 904. The van der Waals surface area contributed by atoms with Crippen molar-refractivity contribution in [2.75, 3.05) is 61.8 Å². The highest BCUT2D eigenvalue weighted by molar-refractivity contribution is 6.30. The van der Waals surface area contributed by atoms with Gasteiger partial charge in [0.05, 0.1) is 11.6 Å². The van der Waals surface area contributed by atoms with Crippen molar-refractivity contribution in [2.24, 2.45) is 0 Å². The number of hydrogen-bond donors (Lipinski definition) is 3. The molecule has 1 atom stereocenters. The number of nitrogens with zero attached hydrogens (tertiary/aromatic N) is 4. The monoisotopic (exact) mass is 419 g/mol. The van der Waals surface area contributed by atoms with Crippen molar-refractivity contribution >= 4 is 34.8 Å². The number of nitrogens with one attached hydrogen (secondary N) is 3. The van der Waals surface area contributed by atoms with Gasteiger partial charge in [-0.1, -0.05) is 17.7 Å². The van der Waals surface area contributed by atoms with Crippen LogP contribution < -0.4 is 20.9 Å². The molecule has 4 rings (SSSR count). The van der Waals surface area contributed by atoms with E-state index < -0.39 is 5.82 Å². The van der Waals surface area contributed by atoms with Crippen molar-refractivity contribution in [2.45, 2.75) is 6.04 Å². The fourth-order valence-corrected chi connectivity index (χ4v) is 3.95. The average Bonchev–Trinajstić information content (AvgIpc) is 2.74. The van der Waals surface area contributed by atoms with E-state index in [0.29, 0.717) is 18.1 Å². The van der Waals surface area contributed by atoms with Gasteiger partial charge >= 0.3 is 0 Å². The lowest BCUT2D eigenvalue weighted by Crippen LogP contribution is -2.50. The summed E-state index contributed by atoms with van der Waals surface area (Å²) in [5.41, 5.74) is 1.52. The molecule has 0 spiro atoms. The quantitative estimate of drug-likeness (QED) is 0.680. The number of likely N-dealkylation sites (N-methyl/N-ethyl adjacent to an activating group) is 1. The second-order valence-corrected chi connectivity index (χ2v) is 7.50. The molecule has 2 aliphatic heterocycles. The average molecular weight is 420 g/mol. The van der Waals surface area contributed by atoms with Crippen LogP contribution in [0.1, 0.15) is 11.6 Å². The lowest BCUT2D eigenvalue weighted by Gasteiger charge is -2.40. The van der Waals surface area contributed by atoms with E-state index in [1.165, 1.54) is 12.4 Å². The number of halogens is 2. The molecular weight excluding hydrogens is 397 g/mol. The molecule has 154 valence electrons. The number of anilines is 3. The molecule has 1 amide bonds. The Kier molecular flexibility index (Phi) is 5.79. The van der Waals surface area contributed by atoms with Gasteiger partial charge in [-0.3, -0.25) is 9.69 Å². The molecule has 1 aromatic heterocycles. The minimum atomic E-state index is -0.403. The van der Waals surface area contributed by atoms with Gasteiger partial charge in [0, 0.05) is 38.8 Å². The van der Waals surface area contributed by atoms with Crippen molar-refractivity contribution in [3.63, 3.8) is 0 Å². The van der Waals surface area contributed by atoms with Crippen LogP contribution in [0.2, 0.25) is 5.02 Å². The Morgan fingerprint density at radius 2 is 2.07 bits per heavy atom. The standard InChI is InChI=1S/C19H23ClFN7O/c1-22-9-15(12-2-3-13(20)14(21)8-12)27-4-6-28(7-5-27)19-17-18(24-11-25-19)23-10-16(29)26-17/h2-3,8,11,15,22H,4-7,9-10H2,1H3,(H,26,29)(H,23,24,25). The topological polar surface area (TPSA) is 85.4 Å². The van der Waals surface area contributed by atoms with Crippen LogP contribution in [0.25, 0.3) is 0 Å². The van der Waals surface area contributed by atoms with E-state index in [0.717, 1.165) is 37.6 Å². The van der Waals surface area contributed by atoms with E-state index in [9.17, 15) is 9.18 Å². The zero-order valence-electron chi connectivity index (χ0n) is 16.1. The fourth-order valence-electron chi connectivity index (χ4n) is 3.83. The summed E-state index contributed by atoms with van der Waals surface area (Å²) in [6.07, 6.45) is 1.51. The van der Waals surface area contributed by atoms with Crippen LogP contribution in [0.15, 0.2) is 24.5 Å². The van der Waals surface area contributed by atoms with Gasteiger partial charge in [-0.05, 0) is 24.7 Å². The Labute approximate surface area is 173 Å². The van der Waals surface area contributed by atoms with E-state index in [4.69, 9.17) is 11.6 Å². The zero-order chi connectivity index (χ0) is 20.4. The summed E-state index contributed by atoms with van der Waals surface area (Å²) in [7, 11) is 1.89. The molecule has 0 radical (unpaired) electrons. The number of fused-ring (bicyclic) bond motifs is 1. The first-order valence-corrected chi connectivity index (χ1v) is 9.92. The third-order valence-electron chi connectivity index (χ3n) is 5.29. The molecule has 29 heavy (non-hydrogen) atoms. The van der Waals surface area contributed by atoms with Crippen LogP contribution in [0.5, 0.6) is 0 Å². The lowest BCUT2D eigenvalue weighted by atomic mass is 10.0. The first-order valence-electron chi connectivity index (χ1n) is 9.54. The number of hydrogen-bond acceptors (Lipinski definition) is 7. The largest absolute Gasteiger partial charge is 0.359 e. The molecule has 1 saturated heterocycles. The summed E-state index contributed by atoms with van der Waals surface area (Å²) in [5, 5.41) is 9.21. The van der Waals surface area contributed by atoms with E-state index in [2.05, 4.69) is 35.7 Å². The predicted octanol–water partition coefficient (Wildman–Crippen LogP) is 1.72. The van der Waals surface area contributed by atoms with Crippen LogP contribution in [0, 0.1) is 5.82 Å². The van der Waals surface area contributed by atoms with Gasteiger partial charge < -0.3 is 20.9 Å². The summed E-state index contributed by atoms with van der Waals surface area (Å²) in [6.45, 7) is 3.92. The minimum Gasteiger partial charge on any atom is -0.359 e. The van der Waals surface area contributed by atoms with Crippen molar-refractivity contribution in [1.82, 2.24) is 20.2 Å². The number of carbonyl (C=O) groups is 1. The molecule has 1 unspecified atom stereocenters. The normalized spacial score (nSPS) is 18.0. The molecule has 0 aliphatic carbocycles. The zero-order valence-corrected chi connectivity index (χ0v) is 16.8. The SMILES string of the molecule is CNCC(c1ccc(Cl)c(F)c1)N1CCN(c2ncnc3c2NC(=O)CN3)CC1. The van der Waals surface area contributed by atoms with Gasteiger partial charge in [-0.25, -0.2) is 14.4 Å². The van der Waals surface area contributed by atoms with Crippen molar-refractivity contribution < 1.29 is 9.18 Å². The van der Waals surface area contributed by atoms with Gasteiger partial charge in [-0.15, -0.1) is 0 Å². The van der Waals surface area contributed by atoms with E-state index >= 15 is 0 Å². The molecule has 3 heterocycles. The van der Waals surface area contributed by atoms with Crippen molar-refractivity contribution in [1.29, 1.82) is 0 Å². The van der Waals surface area contributed by atoms with Crippen LogP contribution in [0.3, 0.4) is 0 Å². The summed E-state index contributed by atoms with van der Waals surface area (Å²) in [4.78, 5) is 24.8. The molecule has 2 aliphatic rings. The maximum atomic E-state index is 14.0. The van der Waals surface area contributed by atoms with Crippen LogP contribution in [-0.4, -0.2) is 67.1 Å². The third kappa shape index (κ3) is 4.12. The Balaban J connectivity index is 1.50. The Morgan fingerprint density at radius 3 is 2.79 bits per heavy atom. The van der Waals surface area contributed by atoms with Crippen molar-refractivity contribution in [3.05, 3.63) is 40.9 Å². The first kappa shape index (κ1) is 19.8. The Hall–Kier alpha value is -2.49. The first-order chi connectivity index (χ1) is 14.1. The van der Waals surface area contributed by atoms with Crippen molar-refractivity contribution in [3.8, 4) is 0 Å². The van der Waals surface area contributed by atoms with E-state index in [1.54, 1.807) is 6.07 Å². The highest BCUT2D eigenvalue weighted by Crippen LogP contribution is 2.33. The number of rotatable bonds is 5. The van der Waals surface area contributed by atoms with Gasteiger partial charge in [0.25, 0.3) is 0 Å². The molecule has 0 bridgehead atoms. The van der Waals surface area contributed by atoms with Crippen LogP contribution in [-0.2, 0) is 4.79 Å². The summed E-state index contributed by atoms with van der Waals surface area (Å²) >= 11 is 5.85. The molecule has 8 nitrogen and oxygen atoms in total. The van der Waals surface area contributed by atoms with E-state index in [1.807, 2.05) is 13.1 Å². The van der Waals surface area contributed by atoms with Gasteiger partial charge in [0.1, 0.15) is 17.8 Å². The second kappa shape index (κ2) is 8.48. The molecule has 1 aromatic carbocycles. The number of amides is 1. The highest BCUT2D eigenvalue weighted by Gasteiger charge is 2.29. The molecule has 10 heteroatoms. The fraction of sp³-hybridized carbons (Fsp3) is 0.421. The van der Waals surface area contributed by atoms with E-state index in [-0.39, 0.29) is 23.5 Å². The van der Waals surface area contributed by atoms with Gasteiger partial charge in [0.15, 0.2) is 11.6 Å². The smallest absolute Gasteiger partial charge is 0.243 e. The Morgan fingerprint density at radius 1 is 1.28 bits per heavy atom. The molecule has 1 fully saturated rings. The summed E-state index contributed by atoms with van der Waals surface area (Å²) in [5.74, 6) is 0.852. The highest BCUT2D eigenvalue weighted by atomic mass is 35.5. The number of benzene rings is 1.